The van der Waals surface area contributed by atoms with E-state index in [0.717, 1.165) is 0 Å². The average Bonchev–Trinajstić information content (AvgIpc) is 2.77. The summed E-state index contributed by atoms with van der Waals surface area (Å²) in [6.07, 6.45) is 0. The lowest BCUT2D eigenvalue weighted by Crippen LogP contribution is -2.52. The molecule has 1 aliphatic heterocycles. The monoisotopic (exact) mass is 273 g/mol. The molecule has 3 amide bonds. The van der Waals surface area contributed by atoms with Crippen molar-refractivity contribution in [2.45, 2.75) is 25.9 Å². The molecule has 4 N–H and O–H groups in total. The van der Waals surface area contributed by atoms with Crippen molar-refractivity contribution in [1.82, 2.24) is 16.0 Å². The predicted molar refractivity (Wildman–Crippen MR) is 65.5 cm³/mol. The van der Waals surface area contributed by atoms with Crippen LogP contribution < -0.4 is 16.0 Å². The third-order valence-electron chi connectivity index (χ3n) is 2.81. The Labute approximate surface area is 110 Å². The number of carboxylic acid groups (broad SMARTS) is 1. The Morgan fingerprint density at radius 2 is 2.05 bits per heavy atom. The zero-order valence-electron chi connectivity index (χ0n) is 10.9. The number of hydrogen-bond donors (Lipinski definition) is 4. The van der Waals surface area contributed by atoms with Gasteiger partial charge < -0.3 is 25.8 Å². The quantitative estimate of drug-likeness (QED) is 0.508. The van der Waals surface area contributed by atoms with Crippen molar-refractivity contribution >= 4 is 17.9 Å². The molecule has 0 saturated carbocycles. The summed E-state index contributed by atoms with van der Waals surface area (Å²) in [7, 11) is 0. The van der Waals surface area contributed by atoms with Crippen molar-refractivity contribution in [1.29, 1.82) is 0 Å². The van der Waals surface area contributed by atoms with Gasteiger partial charge in [0.15, 0.2) is 0 Å². The van der Waals surface area contributed by atoms with E-state index in [0.29, 0.717) is 6.54 Å². The van der Waals surface area contributed by atoms with Gasteiger partial charge in [0.1, 0.15) is 12.0 Å². The molecule has 108 valence electrons. The lowest BCUT2D eigenvalue weighted by atomic mass is 10.0. The summed E-state index contributed by atoms with van der Waals surface area (Å²) in [5, 5.41) is 16.4. The maximum atomic E-state index is 11.6. The minimum Gasteiger partial charge on any atom is -0.481 e. The predicted octanol–water partition coefficient (Wildman–Crippen LogP) is -1.09. The third-order valence-corrected chi connectivity index (χ3v) is 2.81. The van der Waals surface area contributed by atoms with Crippen LogP contribution in [0.1, 0.15) is 13.8 Å². The van der Waals surface area contributed by atoms with Crippen LogP contribution in [0.15, 0.2) is 0 Å². The molecule has 0 aliphatic carbocycles. The molecular formula is C11H19N3O5. The number of rotatable bonds is 5. The Morgan fingerprint density at radius 1 is 1.37 bits per heavy atom. The summed E-state index contributed by atoms with van der Waals surface area (Å²) < 4.78 is 5.02. The van der Waals surface area contributed by atoms with Crippen molar-refractivity contribution in [2.24, 2.45) is 5.92 Å². The first-order valence-electron chi connectivity index (χ1n) is 6.11. The van der Waals surface area contributed by atoms with E-state index in [9.17, 15) is 14.4 Å². The van der Waals surface area contributed by atoms with Crippen LogP contribution in [0.5, 0.6) is 0 Å². The molecule has 19 heavy (non-hydrogen) atoms. The first-order chi connectivity index (χ1) is 8.95. The van der Waals surface area contributed by atoms with Gasteiger partial charge in [0, 0.05) is 6.54 Å². The molecule has 1 saturated heterocycles. The maximum absolute atomic E-state index is 11.6. The number of aliphatic carboxylic acids is 1. The minimum atomic E-state index is -1.01. The Morgan fingerprint density at radius 3 is 2.63 bits per heavy atom. The van der Waals surface area contributed by atoms with Gasteiger partial charge in [-0.15, -0.1) is 0 Å². The van der Waals surface area contributed by atoms with Gasteiger partial charge in [-0.2, -0.15) is 0 Å². The highest BCUT2D eigenvalue weighted by molar-refractivity contribution is 5.86. The van der Waals surface area contributed by atoms with Crippen LogP contribution in [0.25, 0.3) is 0 Å². The first-order valence-corrected chi connectivity index (χ1v) is 6.11. The fraction of sp³-hybridized carbons (Fsp3) is 0.727. The van der Waals surface area contributed by atoms with Gasteiger partial charge in [-0.25, -0.2) is 4.79 Å². The van der Waals surface area contributed by atoms with Crippen molar-refractivity contribution < 1.29 is 24.2 Å². The first kappa shape index (κ1) is 15.2. The highest BCUT2D eigenvalue weighted by Gasteiger charge is 2.35. The molecule has 0 aromatic heterocycles. The van der Waals surface area contributed by atoms with Gasteiger partial charge in [0.2, 0.25) is 5.91 Å². The molecule has 3 atom stereocenters. The molecule has 0 aromatic carbocycles. The molecule has 0 spiro atoms. The highest BCUT2D eigenvalue weighted by atomic mass is 16.5. The smallest absolute Gasteiger partial charge is 0.315 e. The lowest BCUT2D eigenvalue weighted by Gasteiger charge is -2.18. The van der Waals surface area contributed by atoms with Gasteiger partial charge in [-0.3, -0.25) is 9.59 Å². The van der Waals surface area contributed by atoms with Gasteiger partial charge in [0.25, 0.3) is 0 Å². The summed E-state index contributed by atoms with van der Waals surface area (Å²) in [4.78, 5) is 33.9. The van der Waals surface area contributed by atoms with Gasteiger partial charge in [0.05, 0.1) is 19.3 Å². The van der Waals surface area contributed by atoms with Crippen molar-refractivity contribution in [3.05, 3.63) is 0 Å². The largest absolute Gasteiger partial charge is 0.481 e. The van der Waals surface area contributed by atoms with Gasteiger partial charge in [-0.05, 0) is 13.8 Å². The number of carboxylic acids is 1. The zero-order chi connectivity index (χ0) is 14.4. The van der Waals surface area contributed by atoms with E-state index in [1.54, 1.807) is 13.8 Å². The summed E-state index contributed by atoms with van der Waals surface area (Å²) in [6.45, 7) is 4.03. The van der Waals surface area contributed by atoms with Crippen LogP contribution in [0, 0.1) is 5.92 Å². The second-order valence-electron chi connectivity index (χ2n) is 4.32. The lowest BCUT2D eigenvalue weighted by molar-refractivity contribution is -0.142. The van der Waals surface area contributed by atoms with Crippen LogP contribution in [0.3, 0.4) is 0 Å². The van der Waals surface area contributed by atoms with Crippen LogP contribution in [-0.4, -0.2) is 54.9 Å². The molecule has 0 aromatic rings. The van der Waals surface area contributed by atoms with E-state index < -0.39 is 30.0 Å². The highest BCUT2D eigenvalue weighted by Crippen LogP contribution is 2.13. The van der Waals surface area contributed by atoms with Crippen molar-refractivity contribution in [3.63, 3.8) is 0 Å². The third kappa shape index (κ3) is 4.40. The Balaban J connectivity index is 2.42. The van der Waals surface area contributed by atoms with E-state index in [1.165, 1.54) is 0 Å². The normalized spacial score (nSPS) is 23.5. The topological polar surface area (TPSA) is 117 Å². The van der Waals surface area contributed by atoms with Crippen LogP contribution in [0.2, 0.25) is 0 Å². The zero-order valence-corrected chi connectivity index (χ0v) is 10.9. The molecule has 3 unspecified atom stereocenters. The summed E-state index contributed by atoms with van der Waals surface area (Å²) in [5.74, 6) is -2.07. The average molecular weight is 273 g/mol. The number of hydrogen-bond acceptors (Lipinski definition) is 4. The molecule has 1 aliphatic rings. The number of amides is 3. The van der Waals surface area contributed by atoms with E-state index >= 15 is 0 Å². The SMILES string of the molecule is CCNC(=O)C(C)NC(=O)NC1COCC1C(=O)O. The van der Waals surface area contributed by atoms with E-state index in [1.807, 2.05) is 0 Å². The number of nitrogens with one attached hydrogen (secondary N) is 3. The molecule has 1 fully saturated rings. The summed E-state index contributed by atoms with van der Waals surface area (Å²) in [5.41, 5.74) is 0. The van der Waals surface area contributed by atoms with Crippen molar-refractivity contribution in [3.8, 4) is 0 Å². The number of ether oxygens (including phenoxy) is 1. The Hall–Kier alpha value is -1.83. The Kier molecular flexibility index (Phi) is 5.56. The fourth-order valence-electron chi connectivity index (χ4n) is 1.74. The molecular weight excluding hydrogens is 254 g/mol. The molecule has 8 nitrogen and oxygen atoms in total. The van der Waals surface area contributed by atoms with E-state index in [2.05, 4.69) is 16.0 Å². The minimum absolute atomic E-state index is 0.0755. The molecule has 1 rings (SSSR count). The number of urea groups is 1. The van der Waals surface area contributed by atoms with Crippen LogP contribution in [-0.2, 0) is 14.3 Å². The van der Waals surface area contributed by atoms with Crippen molar-refractivity contribution in [2.75, 3.05) is 19.8 Å². The molecule has 1 heterocycles. The molecule has 0 radical (unpaired) electrons. The molecule has 0 bridgehead atoms. The van der Waals surface area contributed by atoms with Gasteiger partial charge >= 0.3 is 12.0 Å². The van der Waals surface area contributed by atoms with Gasteiger partial charge in [-0.1, -0.05) is 0 Å². The molecule has 8 heteroatoms. The fourth-order valence-corrected chi connectivity index (χ4v) is 1.74. The number of carbonyl (C=O) groups excluding carboxylic acids is 2. The summed E-state index contributed by atoms with van der Waals surface area (Å²) in [6, 6.07) is -1.86. The maximum Gasteiger partial charge on any atom is 0.315 e. The standard InChI is InChI=1S/C11H19N3O5/c1-3-12-9(15)6(2)13-11(18)14-8-5-19-4-7(8)10(16)17/h6-8H,3-5H2,1-2H3,(H,12,15)(H,16,17)(H2,13,14,18). The van der Waals surface area contributed by atoms with Crippen LogP contribution in [0.4, 0.5) is 4.79 Å². The Bertz CT molecular complexity index is 360. The van der Waals surface area contributed by atoms with E-state index in [-0.39, 0.29) is 19.1 Å². The number of carbonyl (C=O) groups is 3. The number of likely N-dealkylation sites (N-methyl/N-ethyl adjacent to an activating group) is 1. The second kappa shape index (κ2) is 6.93. The van der Waals surface area contributed by atoms with Crippen LogP contribution >= 0.6 is 0 Å². The summed E-state index contributed by atoms with van der Waals surface area (Å²) >= 11 is 0. The van der Waals surface area contributed by atoms with E-state index in [4.69, 9.17) is 9.84 Å². The second-order valence-corrected chi connectivity index (χ2v) is 4.32.